The molecule has 1 heteroatoms. The minimum atomic E-state index is 0.340. The Morgan fingerprint density at radius 3 is 1.47 bits per heavy atom. The molecule has 0 unspecified atom stereocenters. The largest absolute Gasteiger partial charge is 0.396 e. The van der Waals surface area contributed by atoms with Gasteiger partial charge in [-0.2, -0.15) is 0 Å². The lowest BCUT2D eigenvalue weighted by Gasteiger charge is -2.01. The first-order valence-electron chi connectivity index (χ1n) is 8.67. The Morgan fingerprint density at radius 1 is 0.579 bits per heavy atom. The zero-order valence-corrected chi connectivity index (χ0v) is 13.2. The minimum Gasteiger partial charge on any atom is -0.396 e. The van der Waals surface area contributed by atoms with Gasteiger partial charge in [-0.3, -0.25) is 0 Å². The van der Waals surface area contributed by atoms with E-state index in [9.17, 15) is 0 Å². The normalized spacial score (nSPS) is 11.5. The van der Waals surface area contributed by atoms with E-state index in [4.69, 9.17) is 5.11 Å². The second-order valence-electron chi connectivity index (χ2n) is 5.66. The average Bonchev–Trinajstić information content (AvgIpc) is 2.43. The molecule has 0 aliphatic carbocycles. The summed E-state index contributed by atoms with van der Waals surface area (Å²) in [6.45, 7) is 2.62. The average molecular weight is 268 g/mol. The van der Waals surface area contributed by atoms with Gasteiger partial charge in [-0.15, -0.1) is 0 Å². The molecule has 0 heterocycles. The van der Waals surface area contributed by atoms with E-state index in [1.165, 1.54) is 70.6 Å². The smallest absolute Gasteiger partial charge is 0.0431 e. The molecular weight excluding hydrogens is 232 g/mol. The van der Waals surface area contributed by atoms with Crippen molar-refractivity contribution < 1.29 is 5.11 Å². The lowest BCUT2D eigenvalue weighted by atomic mass is 10.1. The van der Waals surface area contributed by atoms with E-state index in [2.05, 4.69) is 19.1 Å². The summed E-state index contributed by atoms with van der Waals surface area (Å²) in [5, 5.41) is 8.65. The molecule has 114 valence electrons. The highest BCUT2D eigenvalue weighted by molar-refractivity contribution is 4.81. The van der Waals surface area contributed by atoms with Crippen molar-refractivity contribution in [3.05, 3.63) is 12.2 Å². The van der Waals surface area contributed by atoms with Crippen LogP contribution in [0, 0.1) is 0 Å². The molecule has 0 aromatic carbocycles. The van der Waals surface area contributed by atoms with E-state index < -0.39 is 0 Å². The van der Waals surface area contributed by atoms with Crippen LogP contribution in [-0.2, 0) is 0 Å². The van der Waals surface area contributed by atoms with Crippen LogP contribution in [0.5, 0.6) is 0 Å². The lowest BCUT2D eigenvalue weighted by molar-refractivity contribution is 0.285. The molecule has 19 heavy (non-hydrogen) atoms. The molecule has 0 atom stereocenters. The Balaban J connectivity index is 2.98. The van der Waals surface area contributed by atoms with Crippen LogP contribution in [0.15, 0.2) is 12.2 Å². The van der Waals surface area contributed by atoms with Gasteiger partial charge in [-0.05, 0) is 32.1 Å². The molecular formula is C18H36O. The Kier molecular flexibility index (Phi) is 17.4. The van der Waals surface area contributed by atoms with Crippen molar-refractivity contribution in [2.45, 2.75) is 96.8 Å². The first-order valence-corrected chi connectivity index (χ1v) is 8.67. The van der Waals surface area contributed by atoms with E-state index in [0.717, 1.165) is 19.3 Å². The van der Waals surface area contributed by atoms with E-state index in [1.807, 2.05) is 0 Å². The summed E-state index contributed by atoms with van der Waals surface area (Å²) in [6, 6.07) is 0. The number of aliphatic hydroxyl groups is 1. The number of hydrogen-bond donors (Lipinski definition) is 1. The third kappa shape index (κ3) is 17.7. The van der Waals surface area contributed by atoms with Gasteiger partial charge in [0.15, 0.2) is 0 Å². The first-order chi connectivity index (χ1) is 9.41. The molecule has 0 saturated heterocycles. The predicted molar refractivity (Wildman–Crippen MR) is 86.5 cm³/mol. The Bertz CT molecular complexity index is 175. The lowest BCUT2D eigenvalue weighted by Crippen LogP contribution is -1.82. The number of allylic oxidation sites excluding steroid dienone is 2. The Labute approximate surface area is 121 Å². The molecule has 0 aromatic rings. The maximum Gasteiger partial charge on any atom is 0.0431 e. The number of aliphatic hydroxyl groups excluding tert-OH is 1. The van der Waals surface area contributed by atoms with Gasteiger partial charge in [0.1, 0.15) is 0 Å². The summed E-state index contributed by atoms with van der Waals surface area (Å²) < 4.78 is 0. The molecule has 0 aliphatic rings. The van der Waals surface area contributed by atoms with Gasteiger partial charge in [0.25, 0.3) is 0 Å². The molecule has 0 fully saturated rings. The van der Waals surface area contributed by atoms with Gasteiger partial charge in [-0.1, -0.05) is 76.9 Å². The third-order valence-electron chi connectivity index (χ3n) is 3.67. The van der Waals surface area contributed by atoms with Gasteiger partial charge in [0.2, 0.25) is 0 Å². The van der Waals surface area contributed by atoms with E-state index in [-0.39, 0.29) is 0 Å². The zero-order chi connectivity index (χ0) is 14.0. The zero-order valence-electron chi connectivity index (χ0n) is 13.2. The van der Waals surface area contributed by atoms with Crippen LogP contribution >= 0.6 is 0 Å². The van der Waals surface area contributed by atoms with Crippen LogP contribution in [0.4, 0.5) is 0 Å². The summed E-state index contributed by atoms with van der Waals surface area (Å²) in [7, 11) is 0. The molecule has 0 saturated carbocycles. The summed E-state index contributed by atoms with van der Waals surface area (Å²) >= 11 is 0. The van der Waals surface area contributed by atoms with Crippen LogP contribution in [0.1, 0.15) is 96.8 Å². The maximum atomic E-state index is 8.65. The molecule has 0 aliphatic heterocycles. The molecule has 0 bridgehead atoms. The van der Waals surface area contributed by atoms with Crippen molar-refractivity contribution in [2.75, 3.05) is 6.61 Å². The second kappa shape index (κ2) is 17.7. The fourth-order valence-corrected chi connectivity index (χ4v) is 2.36. The van der Waals surface area contributed by atoms with Crippen molar-refractivity contribution >= 4 is 0 Å². The molecule has 0 radical (unpaired) electrons. The first kappa shape index (κ1) is 18.7. The number of unbranched alkanes of at least 4 members (excludes halogenated alkanes) is 12. The summed E-state index contributed by atoms with van der Waals surface area (Å²) in [5.41, 5.74) is 0. The standard InChI is InChI=1S/C18H36O/c1-2-3-4-5-6-7-8-9-10-11-12-13-14-15-16-17-18-19/h13-14,19H,2-12,15-18H2,1H3/b14-13+. The minimum absolute atomic E-state index is 0.340. The summed E-state index contributed by atoms with van der Waals surface area (Å²) in [6.07, 6.45) is 23.2. The van der Waals surface area contributed by atoms with E-state index in [1.54, 1.807) is 0 Å². The van der Waals surface area contributed by atoms with E-state index in [0.29, 0.717) is 6.61 Å². The number of hydrogen-bond acceptors (Lipinski definition) is 1. The SMILES string of the molecule is CCCCCCCCCCCC/C=C/CCCCO. The van der Waals surface area contributed by atoms with Gasteiger partial charge >= 0.3 is 0 Å². The van der Waals surface area contributed by atoms with Crippen LogP contribution < -0.4 is 0 Å². The fraction of sp³-hybridized carbons (Fsp3) is 0.889. The molecule has 0 aromatic heterocycles. The highest BCUT2D eigenvalue weighted by atomic mass is 16.2. The van der Waals surface area contributed by atoms with Crippen molar-refractivity contribution in [2.24, 2.45) is 0 Å². The van der Waals surface area contributed by atoms with Crippen molar-refractivity contribution in [3.8, 4) is 0 Å². The van der Waals surface area contributed by atoms with E-state index >= 15 is 0 Å². The maximum absolute atomic E-state index is 8.65. The molecule has 0 amide bonds. The summed E-state index contributed by atoms with van der Waals surface area (Å²) in [5.74, 6) is 0. The highest BCUT2D eigenvalue weighted by Crippen LogP contribution is 2.11. The van der Waals surface area contributed by atoms with Crippen molar-refractivity contribution in [1.82, 2.24) is 0 Å². The summed E-state index contributed by atoms with van der Waals surface area (Å²) in [4.78, 5) is 0. The molecule has 1 nitrogen and oxygen atoms in total. The molecule has 0 spiro atoms. The van der Waals surface area contributed by atoms with Crippen LogP contribution in [0.3, 0.4) is 0 Å². The molecule has 1 N–H and O–H groups in total. The van der Waals surface area contributed by atoms with Crippen LogP contribution in [-0.4, -0.2) is 11.7 Å². The number of rotatable bonds is 15. The van der Waals surface area contributed by atoms with Crippen molar-refractivity contribution in [3.63, 3.8) is 0 Å². The predicted octanol–water partition coefficient (Wildman–Crippen LogP) is 6.02. The van der Waals surface area contributed by atoms with Gasteiger partial charge in [0, 0.05) is 6.61 Å². The van der Waals surface area contributed by atoms with Crippen molar-refractivity contribution in [1.29, 1.82) is 0 Å². The fourth-order valence-electron chi connectivity index (χ4n) is 2.36. The quantitative estimate of drug-likeness (QED) is 0.284. The van der Waals surface area contributed by atoms with Gasteiger partial charge < -0.3 is 5.11 Å². The van der Waals surface area contributed by atoms with Gasteiger partial charge in [0.05, 0.1) is 0 Å². The van der Waals surface area contributed by atoms with Crippen LogP contribution in [0.2, 0.25) is 0 Å². The Hall–Kier alpha value is -0.300. The molecule has 0 rings (SSSR count). The topological polar surface area (TPSA) is 20.2 Å². The highest BCUT2D eigenvalue weighted by Gasteiger charge is 1.91. The van der Waals surface area contributed by atoms with Gasteiger partial charge in [-0.25, -0.2) is 0 Å². The second-order valence-corrected chi connectivity index (χ2v) is 5.66. The monoisotopic (exact) mass is 268 g/mol. The Morgan fingerprint density at radius 2 is 1.00 bits per heavy atom. The third-order valence-corrected chi connectivity index (χ3v) is 3.67. The van der Waals surface area contributed by atoms with Crippen LogP contribution in [0.25, 0.3) is 0 Å².